The van der Waals surface area contributed by atoms with Gasteiger partial charge >= 0.3 is 0 Å². The van der Waals surface area contributed by atoms with Crippen LogP contribution in [0.1, 0.15) is 48.5 Å². The topological polar surface area (TPSA) is 91.2 Å². The van der Waals surface area contributed by atoms with Crippen molar-refractivity contribution in [3.63, 3.8) is 0 Å². The van der Waals surface area contributed by atoms with Crippen molar-refractivity contribution < 1.29 is 14.3 Å². The van der Waals surface area contributed by atoms with Crippen LogP contribution in [0.3, 0.4) is 0 Å². The Bertz CT molecular complexity index is 641. The van der Waals surface area contributed by atoms with Gasteiger partial charge in [-0.2, -0.15) is 5.10 Å². The summed E-state index contributed by atoms with van der Waals surface area (Å²) in [6, 6.07) is 5.22. The highest BCUT2D eigenvalue weighted by Crippen LogP contribution is 2.22. The fourth-order valence-electron chi connectivity index (χ4n) is 2.18. The third-order valence-electron chi connectivity index (χ3n) is 3.36. The van der Waals surface area contributed by atoms with Crippen LogP contribution in [0.15, 0.2) is 22.6 Å². The molecule has 6 heteroatoms. The quantitative estimate of drug-likeness (QED) is 0.762. The van der Waals surface area contributed by atoms with E-state index in [0.717, 1.165) is 12.1 Å². The van der Waals surface area contributed by atoms with Gasteiger partial charge in [-0.1, -0.05) is 13.8 Å². The predicted octanol–water partition coefficient (Wildman–Crippen LogP) is 2.15. The predicted molar refractivity (Wildman–Crippen MR) is 82.5 cm³/mol. The number of nitrogens with one attached hydrogen (secondary N) is 2. The van der Waals surface area contributed by atoms with Gasteiger partial charge in [0.05, 0.1) is 6.54 Å². The van der Waals surface area contributed by atoms with Crippen molar-refractivity contribution in [3.8, 4) is 0 Å². The Morgan fingerprint density at radius 2 is 2.23 bits per heavy atom. The summed E-state index contributed by atoms with van der Waals surface area (Å²) in [7, 11) is 0. The van der Waals surface area contributed by atoms with Crippen molar-refractivity contribution in [2.75, 3.05) is 6.54 Å². The number of furan rings is 1. The Morgan fingerprint density at radius 3 is 2.82 bits per heavy atom. The van der Waals surface area contributed by atoms with Gasteiger partial charge in [0.25, 0.3) is 5.91 Å². The zero-order chi connectivity index (χ0) is 16.3. The maximum absolute atomic E-state index is 12.1. The summed E-state index contributed by atoms with van der Waals surface area (Å²) in [6.07, 6.45) is 0.837. The lowest BCUT2D eigenvalue weighted by Gasteiger charge is -2.20. The molecule has 0 bridgehead atoms. The standard InChI is InChI=1S/C16H23N3O3/c1-10(2)7-12-8-13(19-18-12)15(20)17-9-16(4,21)14-6-5-11(3)22-14/h5-6,8,10,21H,7,9H2,1-4H3,(H,17,20)(H,18,19)/t16-/m1/s1. The van der Waals surface area contributed by atoms with E-state index in [4.69, 9.17) is 4.42 Å². The number of carbonyl (C=O) groups excluding carboxylic acids is 1. The molecule has 2 aromatic heterocycles. The first-order valence-electron chi connectivity index (χ1n) is 7.39. The number of aromatic nitrogens is 2. The average Bonchev–Trinajstić information content (AvgIpc) is 3.05. The minimum absolute atomic E-state index is 0.0468. The van der Waals surface area contributed by atoms with Crippen LogP contribution in [0.25, 0.3) is 0 Å². The third kappa shape index (κ3) is 3.98. The molecule has 0 unspecified atom stereocenters. The van der Waals surface area contributed by atoms with Gasteiger partial charge < -0.3 is 14.8 Å². The highest BCUT2D eigenvalue weighted by molar-refractivity contribution is 5.92. The number of rotatable bonds is 6. The van der Waals surface area contributed by atoms with Crippen molar-refractivity contribution >= 4 is 5.91 Å². The first-order valence-corrected chi connectivity index (χ1v) is 7.39. The lowest BCUT2D eigenvalue weighted by Crippen LogP contribution is -2.38. The molecule has 0 aromatic carbocycles. The number of hydrogen-bond acceptors (Lipinski definition) is 4. The molecule has 0 fully saturated rings. The van der Waals surface area contributed by atoms with Crippen molar-refractivity contribution in [1.29, 1.82) is 0 Å². The molecule has 2 rings (SSSR count). The first-order chi connectivity index (χ1) is 10.3. The van der Waals surface area contributed by atoms with E-state index in [1.54, 1.807) is 32.0 Å². The summed E-state index contributed by atoms with van der Waals surface area (Å²) in [5.41, 5.74) is -0.0169. The van der Waals surface area contributed by atoms with E-state index in [2.05, 4.69) is 29.4 Å². The Morgan fingerprint density at radius 1 is 1.50 bits per heavy atom. The molecule has 22 heavy (non-hydrogen) atoms. The van der Waals surface area contributed by atoms with Gasteiger partial charge in [-0.3, -0.25) is 9.89 Å². The maximum atomic E-state index is 12.1. The number of H-pyrrole nitrogens is 1. The summed E-state index contributed by atoms with van der Waals surface area (Å²) < 4.78 is 5.41. The Balaban J connectivity index is 1.96. The zero-order valence-electron chi connectivity index (χ0n) is 13.4. The van der Waals surface area contributed by atoms with Crippen molar-refractivity contribution in [1.82, 2.24) is 15.5 Å². The number of nitrogens with zero attached hydrogens (tertiary/aromatic N) is 1. The fourth-order valence-corrected chi connectivity index (χ4v) is 2.18. The highest BCUT2D eigenvalue weighted by Gasteiger charge is 2.28. The number of aliphatic hydroxyl groups is 1. The molecule has 2 heterocycles. The molecule has 120 valence electrons. The number of amides is 1. The fraction of sp³-hybridized carbons (Fsp3) is 0.500. The molecule has 6 nitrogen and oxygen atoms in total. The Labute approximate surface area is 129 Å². The van der Waals surface area contributed by atoms with Crippen LogP contribution in [0.2, 0.25) is 0 Å². The van der Waals surface area contributed by atoms with E-state index in [-0.39, 0.29) is 12.5 Å². The minimum Gasteiger partial charge on any atom is -0.463 e. The maximum Gasteiger partial charge on any atom is 0.271 e. The lowest BCUT2D eigenvalue weighted by atomic mass is 10.0. The molecule has 0 saturated heterocycles. The largest absolute Gasteiger partial charge is 0.463 e. The van der Waals surface area contributed by atoms with E-state index >= 15 is 0 Å². The summed E-state index contributed by atoms with van der Waals surface area (Å²) in [5, 5.41) is 19.9. The molecular weight excluding hydrogens is 282 g/mol. The van der Waals surface area contributed by atoms with E-state index in [0.29, 0.717) is 23.1 Å². The van der Waals surface area contributed by atoms with Crippen LogP contribution in [0.5, 0.6) is 0 Å². The SMILES string of the molecule is Cc1ccc([C@](C)(O)CNC(=O)c2cc(CC(C)C)[nH]n2)o1. The van der Waals surface area contributed by atoms with Gasteiger partial charge in [-0.15, -0.1) is 0 Å². The lowest BCUT2D eigenvalue weighted by molar-refractivity contribution is 0.0322. The van der Waals surface area contributed by atoms with Crippen LogP contribution in [0, 0.1) is 12.8 Å². The van der Waals surface area contributed by atoms with Crippen molar-refractivity contribution in [3.05, 3.63) is 41.1 Å². The van der Waals surface area contributed by atoms with Gasteiger partial charge in [-0.05, 0) is 44.4 Å². The van der Waals surface area contributed by atoms with Gasteiger partial charge in [-0.25, -0.2) is 0 Å². The highest BCUT2D eigenvalue weighted by atomic mass is 16.4. The molecule has 1 atom stereocenters. The van der Waals surface area contributed by atoms with E-state index in [1.807, 2.05) is 0 Å². The summed E-state index contributed by atoms with van der Waals surface area (Å²) in [6.45, 7) is 7.65. The number of aryl methyl sites for hydroxylation is 1. The molecule has 3 N–H and O–H groups in total. The van der Waals surface area contributed by atoms with Crippen LogP contribution >= 0.6 is 0 Å². The summed E-state index contributed by atoms with van der Waals surface area (Å²) >= 11 is 0. The van der Waals surface area contributed by atoms with E-state index < -0.39 is 5.60 Å². The molecule has 2 aromatic rings. The second kappa shape index (κ2) is 6.36. The number of carbonyl (C=O) groups is 1. The molecule has 0 aliphatic heterocycles. The first kappa shape index (κ1) is 16.3. The second-order valence-electron chi connectivity index (χ2n) is 6.24. The van der Waals surface area contributed by atoms with E-state index in [9.17, 15) is 9.90 Å². The number of aromatic amines is 1. The van der Waals surface area contributed by atoms with E-state index in [1.165, 1.54) is 0 Å². The van der Waals surface area contributed by atoms with Crippen molar-refractivity contribution in [2.24, 2.45) is 5.92 Å². The van der Waals surface area contributed by atoms with Gasteiger partial charge in [0.15, 0.2) is 0 Å². The second-order valence-corrected chi connectivity index (χ2v) is 6.24. The van der Waals surface area contributed by atoms with Crippen LogP contribution < -0.4 is 5.32 Å². The zero-order valence-corrected chi connectivity index (χ0v) is 13.4. The Hall–Kier alpha value is -2.08. The monoisotopic (exact) mass is 305 g/mol. The normalized spacial score (nSPS) is 14.1. The Kier molecular flexibility index (Phi) is 4.71. The van der Waals surface area contributed by atoms with Gasteiger partial charge in [0, 0.05) is 5.69 Å². The molecule has 0 aliphatic carbocycles. The average molecular weight is 305 g/mol. The molecule has 1 amide bonds. The number of hydrogen-bond donors (Lipinski definition) is 3. The minimum atomic E-state index is -1.26. The van der Waals surface area contributed by atoms with Gasteiger partial charge in [0.2, 0.25) is 0 Å². The van der Waals surface area contributed by atoms with Crippen LogP contribution in [-0.2, 0) is 12.0 Å². The third-order valence-corrected chi connectivity index (χ3v) is 3.36. The van der Waals surface area contributed by atoms with Crippen molar-refractivity contribution in [2.45, 2.75) is 39.7 Å². The molecule has 0 spiro atoms. The van der Waals surface area contributed by atoms with Crippen LogP contribution in [0.4, 0.5) is 0 Å². The van der Waals surface area contributed by atoms with Gasteiger partial charge in [0.1, 0.15) is 22.8 Å². The molecule has 0 saturated carbocycles. The summed E-state index contributed by atoms with van der Waals surface area (Å²) in [5.74, 6) is 1.30. The molecule has 0 aliphatic rings. The molecular formula is C16H23N3O3. The summed E-state index contributed by atoms with van der Waals surface area (Å²) in [4.78, 5) is 12.1. The van der Waals surface area contributed by atoms with Crippen LogP contribution in [-0.4, -0.2) is 27.8 Å². The smallest absolute Gasteiger partial charge is 0.271 e. The molecule has 0 radical (unpaired) electrons.